The van der Waals surface area contributed by atoms with Crippen LogP contribution in [-0.4, -0.2) is 43.0 Å². The molecule has 3 aromatic carbocycles. The zero-order chi connectivity index (χ0) is 26.8. The summed E-state index contributed by atoms with van der Waals surface area (Å²) in [4.78, 5) is 28.5. The predicted octanol–water partition coefficient (Wildman–Crippen LogP) is 5.15. The second-order valence-corrected chi connectivity index (χ2v) is 10.0. The molecule has 37 heavy (non-hydrogen) atoms. The van der Waals surface area contributed by atoms with Gasteiger partial charge in [0, 0.05) is 19.5 Å². The standard InChI is InChI=1S/C31H38N2O4/c1-6-32-30(35)28(20-23-11-8-7-9-12-23)33(21-24-13-10-14-27(19-24)36-5)29(34)22-37-26-17-15-25(16-18-26)31(2,3)4/h7-19,28H,6,20-22H2,1-5H3,(H,32,35)/t28-/m0/s1. The van der Waals surface area contributed by atoms with Gasteiger partial charge in [0.05, 0.1) is 7.11 Å². The molecule has 6 nitrogen and oxygen atoms in total. The molecule has 0 fully saturated rings. The molecule has 2 amide bonds. The third-order valence-corrected chi connectivity index (χ3v) is 6.19. The molecule has 0 aliphatic heterocycles. The van der Waals surface area contributed by atoms with E-state index in [4.69, 9.17) is 9.47 Å². The number of hydrogen-bond donors (Lipinski definition) is 1. The Morgan fingerprint density at radius 1 is 0.892 bits per heavy atom. The van der Waals surface area contributed by atoms with E-state index >= 15 is 0 Å². The molecule has 0 spiro atoms. The third kappa shape index (κ3) is 8.10. The highest BCUT2D eigenvalue weighted by molar-refractivity contribution is 5.88. The van der Waals surface area contributed by atoms with Crippen LogP contribution in [-0.2, 0) is 28.0 Å². The SMILES string of the molecule is CCNC(=O)[C@H](Cc1ccccc1)N(Cc1cccc(OC)c1)C(=O)COc1ccc(C(C)(C)C)cc1. The summed E-state index contributed by atoms with van der Waals surface area (Å²) < 4.78 is 11.3. The summed E-state index contributed by atoms with van der Waals surface area (Å²) in [5.74, 6) is 0.838. The van der Waals surface area contributed by atoms with Crippen molar-refractivity contribution in [1.29, 1.82) is 0 Å². The van der Waals surface area contributed by atoms with E-state index in [2.05, 4.69) is 26.1 Å². The fourth-order valence-electron chi connectivity index (χ4n) is 4.09. The molecular formula is C31H38N2O4. The van der Waals surface area contributed by atoms with Gasteiger partial charge in [0.1, 0.15) is 17.5 Å². The van der Waals surface area contributed by atoms with Crippen LogP contribution in [0.3, 0.4) is 0 Å². The second-order valence-electron chi connectivity index (χ2n) is 10.0. The van der Waals surface area contributed by atoms with Crippen molar-refractivity contribution in [2.45, 2.75) is 52.1 Å². The summed E-state index contributed by atoms with van der Waals surface area (Å²) >= 11 is 0. The Labute approximate surface area is 220 Å². The van der Waals surface area contributed by atoms with Crippen molar-refractivity contribution in [3.63, 3.8) is 0 Å². The number of rotatable bonds is 11. The lowest BCUT2D eigenvalue weighted by atomic mass is 9.87. The predicted molar refractivity (Wildman–Crippen MR) is 147 cm³/mol. The van der Waals surface area contributed by atoms with Gasteiger partial charge in [0.2, 0.25) is 5.91 Å². The minimum absolute atomic E-state index is 0.0270. The van der Waals surface area contributed by atoms with E-state index in [0.29, 0.717) is 24.5 Å². The topological polar surface area (TPSA) is 67.9 Å². The van der Waals surface area contributed by atoms with Crippen molar-refractivity contribution in [2.75, 3.05) is 20.3 Å². The van der Waals surface area contributed by atoms with Crippen molar-refractivity contribution in [3.05, 3.63) is 95.6 Å². The van der Waals surface area contributed by atoms with Gasteiger partial charge >= 0.3 is 0 Å². The van der Waals surface area contributed by atoms with Gasteiger partial charge in [-0.2, -0.15) is 0 Å². The molecule has 0 saturated carbocycles. The maximum Gasteiger partial charge on any atom is 0.261 e. The van der Waals surface area contributed by atoms with Crippen molar-refractivity contribution in [2.24, 2.45) is 0 Å². The highest BCUT2D eigenvalue weighted by Crippen LogP contribution is 2.24. The molecule has 0 aromatic heterocycles. The van der Waals surface area contributed by atoms with Gasteiger partial charge in [-0.05, 0) is 53.3 Å². The number of amides is 2. The van der Waals surface area contributed by atoms with Gasteiger partial charge in [-0.15, -0.1) is 0 Å². The Kier molecular flexibility index (Phi) is 9.72. The summed E-state index contributed by atoms with van der Waals surface area (Å²) in [6.45, 7) is 8.86. The lowest BCUT2D eigenvalue weighted by Crippen LogP contribution is -2.51. The van der Waals surface area contributed by atoms with Crippen LogP contribution < -0.4 is 14.8 Å². The maximum atomic E-state index is 13.6. The molecule has 0 heterocycles. The minimum atomic E-state index is -0.701. The third-order valence-electron chi connectivity index (χ3n) is 6.19. The van der Waals surface area contributed by atoms with Crippen LogP contribution in [0.5, 0.6) is 11.5 Å². The summed E-state index contributed by atoms with van der Waals surface area (Å²) in [7, 11) is 1.60. The fourth-order valence-corrected chi connectivity index (χ4v) is 4.09. The molecule has 6 heteroatoms. The molecule has 3 rings (SSSR count). The van der Waals surface area contributed by atoms with E-state index in [-0.39, 0.29) is 30.4 Å². The maximum absolute atomic E-state index is 13.6. The zero-order valence-electron chi connectivity index (χ0n) is 22.5. The van der Waals surface area contributed by atoms with Crippen molar-refractivity contribution in [1.82, 2.24) is 10.2 Å². The van der Waals surface area contributed by atoms with E-state index in [1.807, 2.05) is 85.8 Å². The fraction of sp³-hybridized carbons (Fsp3) is 0.355. The molecule has 1 N–H and O–H groups in total. The number of methoxy groups -OCH3 is 1. The molecule has 0 saturated heterocycles. The van der Waals surface area contributed by atoms with E-state index < -0.39 is 6.04 Å². The Balaban J connectivity index is 1.87. The number of nitrogens with zero attached hydrogens (tertiary/aromatic N) is 1. The van der Waals surface area contributed by atoms with Gasteiger partial charge in [-0.1, -0.05) is 75.4 Å². The molecule has 0 unspecified atom stereocenters. The smallest absolute Gasteiger partial charge is 0.261 e. The molecule has 196 valence electrons. The first-order valence-corrected chi connectivity index (χ1v) is 12.7. The molecule has 0 aliphatic carbocycles. The molecular weight excluding hydrogens is 464 g/mol. The number of benzene rings is 3. The zero-order valence-corrected chi connectivity index (χ0v) is 22.5. The van der Waals surface area contributed by atoms with Gasteiger partial charge in [-0.3, -0.25) is 9.59 Å². The number of likely N-dealkylation sites (N-methyl/N-ethyl adjacent to an activating group) is 1. The molecule has 0 bridgehead atoms. The Hall–Kier alpha value is -3.80. The molecule has 3 aromatic rings. The number of ether oxygens (including phenoxy) is 2. The average Bonchev–Trinajstić information content (AvgIpc) is 2.90. The first-order chi connectivity index (χ1) is 17.7. The number of hydrogen-bond acceptors (Lipinski definition) is 4. The minimum Gasteiger partial charge on any atom is -0.497 e. The highest BCUT2D eigenvalue weighted by Gasteiger charge is 2.30. The molecule has 1 atom stereocenters. The number of carbonyl (C=O) groups excluding carboxylic acids is 2. The van der Waals surface area contributed by atoms with Crippen LogP contribution in [0, 0.1) is 0 Å². The van der Waals surface area contributed by atoms with E-state index in [0.717, 1.165) is 11.1 Å². The average molecular weight is 503 g/mol. The summed E-state index contributed by atoms with van der Waals surface area (Å²) in [6.07, 6.45) is 0.392. The first kappa shape index (κ1) is 27.8. The van der Waals surface area contributed by atoms with E-state index in [9.17, 15) is 9.59 Å². The van der Waals surface area contributed by atoms with E-state index in [1.165, 1.54) is 5.56 Å². The lowest BCUT2D eigenvalue weighted by Gasteiger charge is -2.31. The van der Waals surface area contributed by atoms with Gasteiger partial charge in [-0.25, -0.2) is 0 Å². The van der Waals surface area contributed by atoms with Crippen molar-refractivity contribution >= 4 is 11.8 Å². The van der Waals surface area contributed by atoms with Crippen LogP contribution in [0.1, 0.15) is 44.4 Å². The van der Waals surface area contributed by atoms with E-state index in [1.54, 1.807) is 12.0 Å². The monoisotopic (exact) mass is 502 g/mol. The summed E-state index contributed by atoms with van der Waals surface area (Å²) in [5, 5.41) is 2.91. The normalized spacial score (nSPS) is 11.9. The van der Waals surface area contributed by atoms with Crippen LogP contribution in [0.25, 0.3) is 0 Å². The van der Waals surface area contributed by atoms with Crippen molar-refractivity contribution < 1.29 is 19.1 Å². The largest absolute Gasteiger partial charge is 0.497 e. The molecule has 0 aliphatic rings. The van der Waals surface area contributed by atoms with Gasteiger partial charge in [0.15, 0.2) is 6.61 Å². The van der Waals surface area contributed by atoms with Gasteiger partial charge < -0.3 is 19.7 Å². The second kappa shape index (κ2) is 12.9. The molecule has 0 radical (unpaired) electrons. The van der Waals surface area contributed by atoms with Crippen LogP contribution in [0.2, 0.25) is 0 Å². The lowest BCUT2D eigenvalue weighted by molar-refractivity contribution is -0.142. The Bertz CT molecular complexity index is 1150. The van der Waals surface area contributed by atoms with Crippen LogP contribution >= 0.6 is 0 Å². The summed E-state index contributed by atoms with van der Waals surface area (Å²) in [6, 6.07) is 24.4. The quantitative estimate of drug-likeness (QED) is 0.394. The van der Waals surface area contributed by atoms with Crippen LogP contribution in [0.15, 0.2) is 78.9 Å². The Morgan fingerprint density at radius 3 is 2.19 bits per heavy atom. The van der Waals surface area contributed by atoms with Crippen LogP contribution in [0.4, 0.5) is 0 Å². The number of carbonyl (C=O) groups is 2. The highest BCUT2D eigenvalue weighted by atomic mass is 16.5. The first-order valence-electron chi connectivity index (χ1n) is 12.7. The van der Waals surface area contributed by atoms with Gasteiger partial charge in [0.25, 0.3) is 5.91 Å². The summed E-state index contributed by atoms with van der Waals surface area (Å²) in [5.41, 5.74) is 3.05. The Morgan fingerprint density at radius 2 is 1.57 bits per heavy atom. The number of nitrogens with one attached hydrogen (secondary N) is 1. The van der Waals surface area contributed by atoms with Crippen molar-refractivity contribution in [3.8, 4) is 11.5 Å².